The zero-order chi connectivity index (χ0) is 10.1. The van der Waals surface area contributed by atoms with Crippen molar-refractivity contribution < 1.29 is 9.18 Å². The molecule has 0 aliphatic heterocycles. The van der Waals surface area contributed by atoms with Gasteiger partial charge in [-0.2, -0.15) is 0 Å². The molecule has 2 heteroatoms. The van der Waals surface area contributed by atoms with Gasteiger partial charge in [-0.05, 0) is 29.8 Å². The second-order valence-electron chi connectivity index (χ2n) is 3.23. The molecule has 0 saturated heterocycles. The van der Waals surface area contributed by atoms with Gasteiger partial charge in [0.05, 0.1) is 0 Å². The number of ketones is 1. The number of fused-ring (bicyclic) bond motifs is 1. The number of hydrogen-bond donors (Lipinski definition) is 0. The zero-order valence-electron chi connectivity index (χ0n) is 7.75. The SMILES string of the molecule is CC(=O)c1cc(F)cc2ccccc12. The van der Waals surface area contributed by atoms with Crippen molar-refractivity contribution in [2.45, 2.75) is 6.92 Å². The van der Waals surface area contributed by atoms with E-state index in [0.29, 0.717) is 5.56 Å². The molecule has 0 radical (unpaired) electrons. The fraction of sp³-hybridized carbons (Fsp3) is 0.0833. The maximum atomic E-state index is 13.1. The quantitative estimate of drug-likeness (QED) is 0.628. The van der Waals surface area contributed by atoms with Crippen LogP contribution >= 0.6 is 0 Å². The van der Waals surface area contributed by atoms with E-state index < -0.39 is 0 Å². The van der Waals surface area contributed by atoms with Crippen LogP contribution in [0.15, 0.2) is 36.4 Å². The fourth-order valence-corrected chi connectivity index (χ4v) is 1.57. The molecule has 2 aromatic rings. The maximum Gasteiger partial charge on any atom is 0.160 e. The Bertz CT molecular complexity index is 503. The Morgan fingerprint density at radius 1 is 1.21 bits per heavy atom. The Labute approximate surface area is 81.2 Å². The molecule has 0 unspecified atom stereocenters. The van der Waals surface area contributed by atoms with Gasteiger partial charge in [-0.1, -0.05) is 24.3 Å². The Morgan fingerprint density at radius 3 is 2.64 bits per heavy atom. The first-order valence-electron chi connectivity index (χ1n) is 4.38. The predicted molar refractivity (Wildman–Crippen MR) is 53.9 cm³/mol. The van der Waals surface area contributed by atoms with Crippen LogP contribution in [0.3, 0.4) is 0 Å². The molecule has 0 aliphatic carbocycles. The molecule has 1 nitrogen and oxygen atoms in total. The van der Waals surface area contributed by atoms with Crippen LogP contribution in [-0.2, 0) is 0 Å². The fourth-order valence-electron chi connectivity index (χ4n) is 1.57. The van der Waals surface area contributed by atoms with Crippen LogP contribution in [0.1, 0.15) is 17.3 Å². The Morgan fingerprint density at radius 2 is 1.93 bits per heavy atom. The lowest BCUT2D eigenvalue weighted by Crippen LogP contribution is -1.94. The molecule has 0 aliphatic rings. The molecule has 2 rings (SSSR count). The Kier molecular flexibility index (Phi) is 2.04. The van der Waals surface area contributed by atoms with Crippen molar-refractivity contribution in [3.63, 3.8) is 0 Å². The third-order valence-electron chi connectivity index (χ3n) is 2.21. The van der Waals surface area contributed by atoms with Gasteiger partial charge < -0.3 is 0 Å². The first kappa shape index (κ1) is 8.88. The normalized spacial score (nSPS) is 10.4. The highest BCUT2D eigenvalue weighted by molar-refractivity contribution is 6.06. The van der Waals surface area contributed by atoms with E-state index in [1.54, 1.807) is 6.07 Å². The van der Waals surface area contributed by atoms with Gasteiger partial charge in [0.25, 0.3) is 0 Å². The number of rotatable bonds is 1. The van der Waals surface area contributed by atoms with E-state index in [1.807, 2.05) is 18.2 Å². The predicted octanol–water partition coefficient (Wildman–Crippen LogP) is 3.18. The first-order chi connectivity index (χ1) is 6.68. The van der Waals surface area contributed by atoms with Gasteiger partial charge in [-0.3, -0.25) is 4.79 Å². The highest BCUT2D eigenvalue weighted by atomic mass is 19.1. The van der Waals surface area contributed by atoms with Gasteiger partial charge in [0.1, 0.15) is 5.82 Å². The van der Waals surface area contributed by atoms with Gasteiger partial charge >= 0.3 is 0 Å². The minimum Gasteiger partial charge on any atom is -0.294 e. The third kappa shape index (κ3) is 1.39. The van der Waals surface area contributed by atoms with E-state index in [-0.39, 0.29) is 11.6 Å². The van der Waals surface area contributed by atoms with Crippen LogP contribution in [0.4, 0.5) is 4.39 Å². The van der Waals surface area contributed by atoms with E-state index in [9.17, 15) is 9.18 Å². The summed E-state index contributed by atoms with van der Waals surface area (Å²) in [6.45, 7) is 1.45. The molecule has 2 aromatic carbocycles. The molecule has 70 valence electrons. The highest BCUT2D eigenvalue weighted by Crippen LogP contribution is 2.20. The molecule has 0 spiro atoms. The number of hydrogen-bond acceptors (Lipinski definition) is 1. The summed E-state index contributed by atoms with van der Waals surface area (Å²) in [5.41, 5.74) is 0.445. The molecule has 0 heterocycles. The molecule has 0 N–H and O–H groups in total. The Hall–Kier alpha value is -1.70. The number of halogens is 1. The lowest BCUT2D eigenvalue weighted by molar-refractivity contribution is 0.101. The monoisotopic (exact) mass is 188 g/mol. The minimum absolute atomic E-state index is 0.110. The molecular weight excluding hydrogens is 179 g/mol. The van der Waals surface area contributed by atoms with Crippen LogP contribution in [-0.4, -0.2) is 5.78 Å². The standard InChI is InChI=1S/C12H9FO/c1-8(14)12-7-10(13)6-9-4-2-3-5-11(9)12/h2-7H,1H3. The van der Waals surface area contributed by atoms with E-state index in [4.69, 9.17) is 0 Å². The van der Waals surface area contributed by atoms with Crippen molar-refractivity contribution in [2.24, 2.45) is 0 Å². The number of carbonyl (C=O) groups excluding carboxylic acids is 1. The van der Waals surface area contributed by atoms with Gasteiger partial charge in [0.15, 0.2) is 5.78 Å². The second-order valence-corrected chi connectivity index (χ2v) is 3.23. The zero-order valence-corrected chi connectivity index (χ0v) is 7.75. The Balaban J connectivity index is 2.87. The van der Waals surface area contributed by atoms with Crippen molar-refractivity contribution in [1.82, 2.24) is 0 Å². The summed E-state index contributed by atoms with van der Waals surface area (Å²) in [4.78, 5) is 11.2. The van der Waals surface area contributed by atoms with Crippen molar-refractivity contribution in [3.8, 4) is 0 Å². The van der Waals surface area contributed by atoms with E-state index in [1.165, 1.54) is 19.1 Å². The van der Waals surface area contributed by atoms with Crippen molar-refractivity contribution in [1.29, 1.82) is 0 Å². The summed E-state index contributed by atoms with van der Waals surface area (Å²) >= 11 is 0. The summed E-state index contributed by atoms with van der Waals surface area (Å²) in [6.07, 6.45) is 0. The average Bonchev–Trinajstić information content (AvgIpc) is 2.16. The molecule has 0 saturated carbocycles. The number of benzene rings is 2. The number of carbonyl (C=O) groups is 1. The van der Waals surface area contributed by atoms with Crippen LogP contribution in [0.2, 0.25) is 0 Å². The van der Waals surface area contributed by atoms with Gasteiger partial charge in [0, 0.05) is 5.56 Å². The van der Waals surface area contributed by atoms with Crippen molar-refractivity contribution in [3.05, 3.63) is 47.8 Å². The summed E-state index contributed by atoms with van der Waals surface area (Å²) in [7, 11) is 0. The van der Waals surface area contributed by atoms with Crippen LogP contribution in [0.25, 0.3) is 10.8 Å². The van der Waals surface area contributed by atoms with E-state index in [2.05, 4.69) is 0 Å². The van der Waals surface area contributed by atoms with Crippen molar-refractivity contribution in [2.75, 3.05) is 0 Å². The summed E-state index contributed by atoms with van der Waals surface area (Å²) in [5, 5.41) is 1.57. The number of Topliss-reactive ketones (excluding diaryl/α,β-unsaturated/α-hetero) is 1. The largest absolute Gasteiger partial charge is 0.294 e. The average molecular weight is 188 g/mol. The summed E-state index contributed by atoms with van der Waals surface area (Å²) in [6, 6.07) is 10.0. The maximum absolute atomic E-state index is 13.1. The minimum atomic E-state index is -0.367. The lowest BCUT2D eigenvalue weighted by atomic mass is 10.0. The molecular formula is C12H9FO. The van der Waals surface area contributed by atoms with Gasteiger partial charge in [-0.25, -0.2) is 4.39 Å². The van der Waals surface area contributed by atoms with Crippen molar-refractivity contribution >= 4 is 16.6 Å². The van der Waals surface area contributed by atoms with Crippen LogP contribution < -0.4 is 0 Å². The highest BCUT2D eigenvalue weighted by Gasteiger charge is 2.06. The first-order valence-corrected chi connectivity index (χ1v) is 4.38. The molecule has 0 bridgehead atoms. The second kappa shape index (κ2) is 3.22. The van der Waals surface area contributed by atoms with Crippen LogP contribution in [0, 0.1) is 5.82 Å². The molecule has 0 fully saturated rings. The van der Waals surface area contributed by atoms with Gasteiger partial charge in [-0.15, -0.1) is 0 Å². The van der Waals surface area contributed by atoms with Crippen LogP contribution in [0.5, 0.6) is 0 Å². The summed E-state index contributed by atoms with van der Waals surface area (Å²) < 4.78 is 13.1. The smallest absolute Gasteiger partial charge is 0.160 e. The molecule has 0 amide bonds. The molecule has 0 aromatic heterocycles. The van der Waals surface area contributed by atoms with Gasteiger partial charge in [0.2, 0.25) is 0 Å². The third-order valence-corrected chi connectivity index (χ3v) is 2.21. The van der Waals surface area contributed by atoms with E-state index in [0.717, 1.165) is 10.8 Å². The molecule has 14 heavy (non-hydrogen) atoms. The summed E-state index contributed by atoms with van der Waals surface area (Å²) in [5.74, 6) is -0.477. The lowest BCUT2D eigenvalue weighted by Gasteiger charge is -2.03. The topological polar surface area (TPSA) is 17.1 Å². The van der Waals surface area contributed by atoms with E-state index >= 15 is 0 Å². The molecule has 0 atom stereocenters.